The van der Waals surface area contributed by atoms with Gasteiger partial charge in [-0.2, -0.15) is 0 Å². The standard InChI is InChI=1S/C17H21N3O3/c21-15(20-14-8-2-1-3-9-14)10-5-11-18-16(22)12-19-17(23)13-6-4-7-13/h1-3,5,8-10,13H,4,6-7,11-12H2,(H,18,22)(H,19,23)(H,20,21). The van der Waals surface area contributed by atoms with E-state index < -0.39 is 0 Å². The predicted molar refractivity (Wildman–Crippen MR) is 87.6 cm³/mol. The molecule has 0 aromatic heterocycles. The Morgan fingerprint density at radius 1 is 1.09 bits per heavy atom. The van der Waals surface area contributed by atoms with Gasteiger partial charge < -0.3 is 16.0 Å². The fraction of sp³-hybridized carbons (Fsp3) is 0.353. The summed E-state index contributed by atoms with van der Waals surface area (Å²) in [5.74, 6) is -0.511. The Morgan fingerprint density at radius 3 is 2.48 bits per heavy atom. The van der Waals surface area contributed by atoms with Gasteiger partial charge in [-0.15, -0.1) is 0 Å². The molecule has 0 heterocycles. The zero-order valence-corrected chi connectivity index (χ0v) is 12.9. The van der Waals surface area contributed by atoms with E-state index in [1.165, 1.54) is 6.08 Å². The Hall–Kier alpha value is -2.63. The fourth-order valence-electron chi connectivity index (χ4n) is 2.09. The van der Waals surface area contributed by atoms with Crippen LogP contribution in [0.15, 0.2) is 42.5 Å². The molecule has 0 bridgehead atoms. The first kappa shape index (κ1) is 16.7. The van der Waals surface area contributed by atoms with Crippen LogP contribution < -0.4 is 16.0 Å². The second-order valence-electron chi connectivity index (χ2n) is 5.41. The maximum atomic E-state index is 11.6. The molecule has 1 aliphatic rings. The van der Waals surface area contributed by atoms with E-state index in [1.54, 1.807) is 18.2 Å². The largest absolute Gasteiger partial charge is 0.351 e. The average molecular weight is 315 g/mol. The number of hydrogen-bond acceptors (Lipinski definition) is 3. The third kappa shape index (κ3) is 5.94. The highest BCUT2D eigenvalue weighted by molar-refractivity contribution is 5.99. The number of anilines is 1. The number of rotatable bonds is 7. The first-order chi connectivity index (χ1) is 11.1. The Kier molecular flexibility index (Phi) is 6.35. The minimum atomic E-state index is -0.272. The van der Waals surface area contributed by atoms with Crippen LogP contribution in [0.2, 0.25) is 0 Å². The fourth-order valence-corrected chi connectivity index (χ4v) is 2.09. The molecule has 1 aliphatic carbocycles. The molecule has 1 fully saturated rings. The van der Waals surface area contributed by atoms with Crippen LogP contribution in [0.3, 0.4) is 0 Å². The second kappa shape index (κ2) is 8.73. The predicted octanol–water partition coefficient (Wildman–Crippen LogP) is 1.21. The van der Waals surface area contributed by atoms with Crippen LogP contribution >= 0.6 is 0 Å². The summed E-state index contributed by atoms with van der Waals surface area (Å²) in [7, 11) is 0. The molecule has 1 aromatic rings. The minimum Gasteiger partial charge on any atom is -0.351 e. The molecule has 6 nitrogen and oxygen atoms in total. The monoisotopic (exact) mass is 315 g/mol. The maximum Gasteiger partial charge on any atom is 0.248 e. The van der Waals surface area contributed by atoms with Crippen LogP contribution in [0.4, 0.5) is 5.69 Å². The van der Waals surface area contributed by atoms with Crippen LogP contribution in [0, 0.1) is 5.92 Å². The highest BCUT2D eigenvalue weighted by Crippen LogP contribution is 2.25. The molecule has 0 atom stereocenters. The van der Waals surface area contributed by atoms with E-state index in [1.807, 2.05) is 18.2 Å². The van der Waals surface area contributed by atoms with E-state index in [4.69, 9.17) is 0 Å². The summed E-state index contributed by atoms with van der Waals surface area (Å²) in [5.41, 5.74) is 0.713. The number of para-hydroxylation sites is 1. The average Bonchev–Trinajstić information content (AvgIpc) is 2.49. The van der Waals surface area contributed by atoms with Gasteiger partial charge in [-0.1, -0.05) is 30.7 Å². The lowest BCUT2D eigenvalue weighted by molar-refractivity contribution is -0.130. The van der Waals surface area contributed by atoms with Crippen molar-refractivity contribution in [1.29, 1.82) is 0 Å². The first-order valence-corrected chi connectivity index (χ1v) is 7.72. The van der Waals surface area contributed by atoms with Crippen molar-refractivity contribution in [2.75, 3.05) is 18.4 Å². The van der Waals surface area contributed by atoms with Gasteiger partial charge in [0.1, 0.15) is 0 Å². The van der Waals surface area contributed by atoms with Gasteiger partial charge in [-0.3, -0.25) is 14.4 Å². The smallest absolute Gasteiger partial charge is 0.248 e. The lowest BCUT2D eigenvalue weighted by Gasteiger charge is -2.23. The third-order valence-electron chi connectivity index (χ3n) is 3.63. The number of amides is 3. The molecular formula is C17H21N3O3. The van der Waals surface area contributed by atoms with Gasteiger partial charge in [0.15, 0.2) is 0 Å². The number of nitrogens with one attached hydrogen (secondary N) is 3. The van der Waals surface area contributed by atoms with Crippen molar-refractivity contribution < 1.29 is 14.4 Å². The van der Waals surface area contributed by atoms with Crippen molar-refractivity contribution in [3.8, 4) is 0 Å². The van der Waals surface area contributed by atoms with Crippen molar-refractivity contribution in [2.45, 2.75) is 19.3 Å². The van der Waals surface area contributed by atoms with Gasteiger partial charge in [-0.25, -0.2) is 0 Å². The highest BCUT2D eigenvalue weighted by Gasteiger charge is 2.25. The zero-order chi connectivity index (χ0) is 16.5. The molecule has 2 rings (SSSR count). The Labute approximate surface area is 135 Å². The highest BCUT2D eigenvalue weighted by atomic mass is 16.2. The molecular weight excluding hydrogens is 294 g/mol. The van der Waals surface area contributed by atoms with Gasteiger partial charge in [0.05, 0.1) is 6.54 Å². The Balaban J connectivity index is 1.58. The SMILES string of the molecule is O=C(C=CCNC(=O)CNC(=O)C1CCC1)Nc1ccccc1. The summed E-state index contributed by atoms with van der Waals surface area (Å²) in [6.45, 7) is 0.208. The van der Waals surface area contributed by atoms with E-state index in [9.17, 15) is 14.4 Å². The normalized spacial score (nSPS) is 14.1. The summed E-state index contributed by atoms with van der Waals surface area (Å²) in [6.07, 6.45) is 5.82. The topological polar surface area (TPSA) is 87.3 Å². The van der Waals surface area contributed by atoms with Gasteiger partial charge in [0, 0.05) is 24.2 Å². The van der Waals surface area contributed by atoms with E-state index >= 15 is 0 Å². The molecule has 3 N–H and O–H groups in total. The molecule has 122 valence electrons. The molecule has 0 aliphatic heterocycles. The number of carbonyl (C=O) groups excluding carboxylic acids is 3. The lowest BCUT2D eigenvalue weighted by Crippen LogP contribution is -2.41. The molecule has 1 saturated carbocycles. The van der Waals surface area contributed by atoms with Crippen LogP contribution in [0.1, 0.15) is 19.3 Å². The summed E-state index contributed by atoms with van der Waals surface area (Å²) in [5, 5.41) is 7.92. The summed E-state index contributed by atoms with van der Waals surface area (Å²) in [4.78, 5) is 34.7. The van der Waals surface area contributed by atoms with Crippen molar-refractivity contribution in [1.82, 2.24) is 10.6 Å². The maximum absolute atomic E-state index is 11.6. The summed E-state index contributed by atoms with van der Waals surface area (Å²) < 4.78 is 0. The molecule has 0 unspecified atom stereocenters. The molecule has 23 heavy (non-hydrogen) atoms. The van der Waals surface area contributed by atoms with Gasteiger partial charge in [-0.05, 0) is 25.0 Å². The van der Waals surface area contributed by atoms with E-state index in [0.29, 0.717) is 5.69 Å². The third-order valence-corrected chi connectivity index (χ3v) is 3.63. The Morgan fingerprint density at radius 2 is 1.83 bits per heavy atom. The molecule has 3 amide bonds. The lowest BCUT2D eigenvalue weighted by atomic mass is 9.85. The molecule has 0 saturated heterocycles. The van der Waals surface area contributed by atoms with Crippen molar-refractivity contribution in [3.63, 3.8) is 0 Å². The minimum absolute atomic E-state index is 0.0284. The quantitative estimate of drug-likeness (QED) is 0.661. The number of carbonyl (C=O) groups is 3. The van der Waals surface area contributed by atoms with Crippen LogP contribution in [-0.4, -0.2) is 30.8 Å². The van der Waals surface area contributed by atoms with E-state index in [-0.39, 0.29) is 36.7 Å². The van der Waals surface area contributed by atoms with E-state index in [2.05, 4.69) is 16.0 Å². The second-order valence-corrected chi connectivity index (χ2v) is 5.41. The molecule has 6 heteroatoms. The molecule has 0 radical (unpaired) electrons. The number of benzene rings is 1. The Bertz CT molecular complexity index is 580. The molecule has 0 spiro atoms. The van der Waals surface area contributed by atoms with Crippen LogP contribution in [-0.2, 0) is 14.4 Å². The van der Waals surface area contributed by atoms with E-state index in [0.717, 1.165) is 19.3 Å². The first-order valence-electron chi connectivity index (χ1n) is 7.72. The van der Waals surface area contributed by atoms with Crippen molar-refractivity contribution >= 4 is 23.4 Å². The van der Waals surface area contributed by atoms with Gasteiger partial charge in [0.2, 0.25) is 17.7 Å². The van der Waals surface area contributed by atoms with Crippen LogP contribution in [0.25, 0.3) is 0 Å². The van der Waals surface area contributed by atoms with Gasteiger partial charge >= 0.3 is 0 Å². The summed E-state index contributed by atoms with van der Waals surface area (Å²) in [6, 6.07) is 9.11. The molecule has 1 aromatic carbocycles. The zero-order valence-electron chi connectivity index (χ0n) is 12.9. The van der Waals surface area contributed by atoms with Crippen molar-refractivity contribution in [3.05, 3.63) is 42.5 Å². The van der Waals surface area contributed by atoms with Crippen LogP contribution in [0.5, 0.6) is 0 Å². The van der Waals surface area contributed by atoms with Gasteiger partial charge in [0.25, 0.3) is 0 Å². The van der Waals surface area contributed by atoms with Crippen molar-refractivity contribution in [2.24, 2.45) is 5.92 Å². The summed E-state index contributed by atoms with van der Waals surface area (Å²) >= 11 is 0. The number of hydrogen-bond donors (Lipinski definition) is 3.